The van der Waals surface area contributed by atoms with Gasteiger partial charge in [0.2, 0.25) is 5.91 Å². The molecule has 22 heavy (non-hydrogen) atoms. The molecule has 1 saturated heterocycles. The van der Waals surface area contributed by atoms with Gasteiger partial charge in [-0.1, -0.05) is 49.6 Å². The monoisotopic (exact) mass is 300 g/mol. The van der Waals surface area contributed by atoms with E-state index >= 15 is 0 Å². The Hall–Kier alpha value is -1.35. The molecule has 0 radical (unpaired) electrons. The minimum Gasteiger partial charge on any atom is -0.368 e. The maximum Gasteiger partial charge on any atom is 0.237 e. The molecule has 1 aromatic rings. The zero-order chi connectivity index (χ0) is 15.6. The summed E-state index contributed by atoms with van der Waals surface area (Å²) in [7, 11) is 0. The van der Waals surface area contributed by atoms with Gasteiger partial charge in [0.25, 0.3) is 0 Å². The van der Waals surface area contributed by atoms with Crippen molar-refractivity contribution in [3.63, 3.8) is 0 Å². The van der Waals surface area contributed by atoms with Gasteiger partial charge in [-0.05, 0) is 50.1 Å². The largest absolute Gasteiger partial charge is 0.368 e. The van der Waals surface area contributed by atoms with E-state index in [9.17, 15) is 4.79 Å². The Bertz CT molecular complexity index is 509. The van der Waals surface area contributed by atoms with Crippen molar-refractivity contribution < 1.29 is 4.79 Å². The van der Waals surface area contributed by atoms with Crippen LogP contribution in [-0.2, 0) is 4.79 Å². The number of benzene rings is 1. The summed E-state index contributed by atoms with van der Waals surface area (Å²) in [6, 6.07) is 10.7. The lowest BCUT2D eigenvalue weighted by atomic mass is 9.74. The zero-order valence-electron chi connectivity index (χ0n) is 13.6. The molecule has 2 fully saturated rings. The first-order chi connectivity index (χ1) is 10.6. The molecule has 0 aromatic heterocycles. The molecule has 3 nitrogen and oxygen atoms in total. The van der Waals surface area contributed by atoms with Gasteiger partial charge in [0.15, 0.2) is 0 Å². The first-order valence-electron chi connectivity index (χ1n) is 8.72. The van der Waals surface area contributed by atoms with E-state index in [1.165, 1.54) is 24.8 Å². The van der Waals surface area contributed by atoms with Crippen molar-refractivity contribution in [2.45, 2.75) is 56.9 Å². The number of rotatable bonds is 4. The van der Waals surface area contributed by atoms with Gasteiger partial charge in [-0.2, -0.15) is 0 Å². The van der Waals surface area contributed by atoms with Gasteiger partial charge in [-0.15, -0.1) is 0 Å². The molecule has 3 heteroatoms. The normalized spacial score (nSPS) is 26.7. The Labute approximate surface area is 133 Å². The molecule has 120 valence electrons. The van der Waals surface area contributed by atoms with Gasteiger partial charge in [0.1, 0.15) is 5.54 Å². The van der Waals surface area contributed by atoms with Crippen molar-refractivity contribution in [1.29, 1.82) is 0 Å². The summed E-state index contributed by atoms with van der Waals surface area (Å²) in [5.41, 5.74) is 6.81. The topological polar surface area (TPSA) is 46.3 Å². The third-order valence-electron chi connectivity index (χ3n) is 6.02. The third-order valence-corrected chi connectivity index (χ3v) is 6.02. The molecule has 0 bridgehead atoms. The van der Waals surface area contributed by atoms with Crippen molar-refractivity contribution in [3.05, 3.63) is 35.9 Å². The van der Waals surface area contributed by atoms with Gasteiger partial charge in [-0.3, -0.25) is 9.69 Å². The van der Waals surface area contributed by atoms with Crippen LogP contribution in [0, 0.1) is 5.92 Å². The molecule has 1 amide bonds. The molecule has 2 N–H and O–H groups in total. The van der Waals surface area contributed by atoms with Crippen LogP contribution in [0.5, 0.6) is 0 Å². The Morgan fingerprint density at radius 1 is 1.14 bits per heavy atom. The minimum absolute atomic E-state index is 0.131. The number of nitrogens with two attached hydrogens (primary N) is 1. The summed E-state index contributed by atoms with van der Waals surface area (Å²) < 4.78 is 0. The molecule has 0 spiro atoms. The van der Waals surface area contributed by atoms with Gasteiger partial charge in [-0.25, -0.2) is 0 Å². The standard InChI is InChI=1S/C19H28N2O/c1-19(18(20)22,17-10-6-3-7-11-17)21-13-12-16(14-21)15-8-4-2-5-9-15/h2,4-5,8-9,16-17H,3,6-7,10-14H2,1H3,(H2,20,22). The lowest BCUT2D eigenvalue weighted by molar-refractivity contribution is -0.133. The maximum atomic E-state index is 12.3. The smallest absolute Gasteiger partial charge is 0.237 e. The lowest BCUT2D eigenvalue weighted by Crippen LogP contribution is -2.59. The number of nitrogens with zero attached hydrogens (tertiary/aromatic N) is 1. The van der Waals surface area contributed by atoms with Crippen LogP contribution >= 0.6 is 0 Å². The Kier molecular flexibility index (Phi) is 4.53. The number of carbonyl (C=O) groups is 1. The van der Waals surface area contributed by atoms with Crippen LogP contribution in [0.25, 0.3) is 0 Å². The number of primary amides is 1. The first-order valence-corrected chi connectivity index (χ1v) is 8.72. The maximum absolute atomic E-state index is 12.3. The van der Waals surface area contributed by atoms with Crippen LogP contribution in [0.4, 0.5) is 0 Å². The predicted molar refractivity (Wildman–Crippen MR) is 89.5 cm³/mol. The summed E-state index contributed by atoms with van der Waals surface area (Å²) in [4.78, 5) is 14.7. The van der Waals surface area contributed by atoms with Crippen molar-refractivity contribution in [1.82, 2.24) is 4.90 Å². The number of carbonyl (C=O) groups excluding carboxylic acids is 1. The van der Waals surface area contributed by atoms with Crippen molar-refractivity contribution in [3.8, 4) is 0 Å². The highest BCUT2D eigenvalue weighted by Gasteiger charge is 2.47. The van der Waals surface area contributed by atoms with E-state index < -0.39 is 5.54 Å². The quantitative estimate of drug-likeness (QED) is 0.927. The average Bonchev–Trinajstić information content (AvgIpc) is 3.06. The molecular formula is C19H28N2O. The van der Waals surface area contributed by atoms with Crippen molar-refractivity contribution in [2.24, 2.45) is 11.7 Å². The summed E-state index contributed by atoms with van der Waals surface area (Å²) >= 11 is 0. The average molecular weight is 300 g/mol. The molecular weight excluding hydrogens is 272 g/mol. The number of hydrogen-bond acceptors (Lipinski definition) is 2. The Balaban J connectivity index is 1.77. The predicted octanol–water partition coefficient (Wildman–Crippen LogP) is 3.30. The number of hydrogen-bond donors (Lipinski definition) is 1. The van der Waals surface area contributed by atoms with E-state index in [0.29, 0.717) is 11.8 Å². The fraction of sp³-hybridized carbons (Fsp3) is 0.632. The van der Waals surface area contributed by atoms with Gasteiger partial charge in [0.05, 0.1) is 0 Å². The highest BCUT2D eigenvalue weighted by Crippen LogP contribution is 2.40. The molecule has 2 atom stereocenters. The number of amides is 1. The number of likely N-dealkylation sites (tertiary alicyclic amines) is 1. The van der Waals surface area contributed by atoms with E-state index in [1.807, 2.05) is 0 Å². The van der Waals surface area contributed by atoms with Gasteiger partial charge < -0.3 is 5.73 Å². The van der Waals surface area contributed by atoms with Crippen LogP contribution in [0.1, 0.15) is 56.9 Å². The van der Waals surface area contributed by atoms with Crippen LogP contribution < -0.4 is 5.73 Å². The van der Waals surface area contributed by atoms with Crippen molar-refractivity contribution >= 4 is 5.91 Å². The molecule has 1 heterocycles. The second-order valence-electron chi connectivity index (χ2n) is 7.19. The molecule has 1 aliphatic heterocycles. The van der Waals surface area contributed by atoms with E-state index in [1.54, 1.807) is 0 Å². The molecule has 1 aromatic carbocycles. The highest BCUT2D eigenvalue weighted by atomic mass is 16.1. The first kappa shape index (κ1) is 15.5. The fourth-order valence-corrected chi connectivity index (χ4v) is 4.46. The zero-order valence-corrected chi connectivity index (χ0v) is 13.6. The summed E-state index contributed by atoms with van der Waals surface area (Å²) in [5.74, 6) is 0.824. The van der Waals surface area contributed by atoms with Crippen LogP contribution in [0.15, 0.2) is 30.3 Å². The van der Waals surface area contributed by atoms with Crippen LogP contribution in [0.3, 0.4) is 0 Å². The van der Waals surface area contributed by atoms with Crippen LogP contribution in [-0.4, -0.2) is 29.4 Å². The second-order valence-corrected chi connectivity index (χ2v) is 7.19. The Morgan fingerprint density at radius 2 is 1.82 bits per heavy atom. The minimum atomic E-state index is -0.468. The fourth-order valence-electron chi connectivity index (χ4n) is 4.46. The third kappa shape index (κ3) is 2.79. The molecule has 1 aliphatic carbocycles. The highest BCUT2D eigenvalue weighted by molar-refractivity contribution is 5.84. The van der Waals surface area contributed by atoms with Gasteiger partial charge in [0, 0.05) is 6.54 Å². The van der Waals surface area contributed by atoms with Crippen molar-refractivity contribution in [2.75, 3.05) is 13.1 Å². The summed E-state index contributed by atoms with van der Waals surface area (Å²) in [5, 5.41) is 0. The van der Waals surface area contributed by atoms with Gasteiger partial charge >= 0.3 is 0 Å². The molecule has 1 saturated carbocycles. The lowest BCUT2D eigenvalue weighted by Gasteiger charge is -2.44. The van der Waals surface area contributed by atoms with E-state index in [4.69, 9.17) is 5.73 Å². The molecule has 3 rings (SSSR count). The van der Waals surface area contributed by atoms with E-state index in [-0.39, 0.29) is 5.91 Å². The van der Waals surface area contributed by atoms with Crippen LogP contribution in [0.2, 0.25) is 0 Å². The second kappa shape index (κ2) is 6.41. The summed E-state index contributed by atoms with van der Waals surface area (Å²) in [6.07, 6.45) is 7.20. The molecule has 2 unspecified atom stereocenters. The van der Waals surface area contributed by atoms with E-state index in [0.717, 1.165) is 32.4 Å². The Morgan fingerprint density at radius 3 is 2.45 bits per heavy atom. The van der Waals surface area contributed by atoms with E-state index in [2.05, 4.69) is 42.2 Å². The molecule has 2 aliphatic rings. The summed E-state index contributed by atoms with van der Waals surface area (Å²) in [6.45, 7) is 4.04. The SMILES string of the molecule is CC(C(N)=O)(C1CCCCC1)N1CCC(c2ccccc2)C1.